The highest BCUT2D eigenvalue weighted by Gasteiger charge is 2.75. The van der Waals surface area contributed by atoms with Crippen molar-refractivity contribution in [1.82, 2.24) is 0 Å². The van der Waals surface area contributed by atoms with Crippen LogP contribution in [-0.4, -0.2) is 28.2 Å². The molecule has 0 aliphatic carbocycles. The highest BCUT2D eigenvalue weighted by Crippen LogP contribution is 2.54. The molecule has 2 aromatic rings. The van der Waals surface area contributed by atoms with Gasteiger partial charge in [0.25, 0.3) is 0 Å². The molecule has 0 aliphatic rings. The van der Waals surface area contributed by atoms with Gasteiger partial charge < -0.3 is 10.2 Å². The summed E-state index contributed by atoms with van der Waals surface area (Å²) in [6.07, 6.45) is -6.47. The number of halogens is 7. The Balaban J connectivity index is 2.66. The molecule has 0 amide bonds. The minimum absolute atomic E-state index is 0.376. The predicted octanol–water partition coefficient (Wildman–Crippen LogP) is 5.06. The zero-order chi connectivity index (χ0) is 19.0. The van der Waals surface area contributed by atoms with Gasteiger partial charge in [-0.2, -0.15) is 30.7 Å². The van der Waals surface area contributed by atoms with Crippen molar-refractivity contribution in [3.8, 4) is 11.5 Å². The van der Waals surface area contributed by atoms with Gasteiger partial charge in [-0.1, -0.05) is 24.3 Å². The van der Waals surface area contributed by atoms with Crippen molar-refractivity contribution >= 4 is 0 Å². The fraction of sp³-hybridized carbons (Fsp3) is 0.250. The molecular weight excluding hydrogens is 357 g/mol. The molecule has 0 saturated heterocycles. The molecule has 136 valence electrons. The minimum Gasteiger partial charge on any atom is -0.508 e. The van der Waals surface area contributed by atoms with Gasteiger partial charge in [0.15, 0.2) is 0 Å². The predicted molar refractivity (Wildman–Crippen MR) is 74.0 cm³/mol. The highest BCUT2D eigenvalue weighted by molar-refractivity contribution is 5.40. The summed E-state index contributed by atoms with van der Waals surface area (Å²) in [5.41, 5.74) is -1.12. The Bertz CT molecular complexity index is 676. The Hall–Kier alpha value is -2.45. The van der Waals surface area contributed by atoms with E-state index in [0.717, 1.165) is 48.5 Å². The smallest absolute Gasteiger partial charge is 0.459 e. The number of rotatable bonds is 4. The van der Waals surface area contributed by atoms with Crippen LogP contribution in [0, 0.1) is 0 Å². The number of alkyl halides is 7. The van der Waals surface area contributed by atoms with Crippen LogP contribution in [0.3, 0.4) is 0 Å². The molecule has 0 unspecified atom stereocenters. The SMILES string of the molecule is Oc1ccc(C(c2ccc(O)cc2)C(F)(F)C(F)(F)C(F)(F)F)cc1. The first-order valence-electron chi connectivity index (χ1n) is 6.78. The van der Waals surface area contributed by atoms with Crippen molar-refractivity contribution in [1.29, 1.82) is 0 Å². The molecule has 0 radical (unpaired) electrons. The lowest BCUT2D eigenvalue weighted by molar-refractivity contribution is -0.357. The molecular formula is C16H11F7O2. The number of benzene rings is 2. The van der Waals surface area contributed by atoms with E-state index >= 15 is 0 Å². The topological polar surface area (TPSA) is 40.5 Å². The molecule has 0 saturated carbocycles. The van der Waals surface area contributed by atoms with E-state index < -0.39 is 35.1 Å². The van der Waals surface area contributed by atoms with E-state index in [9.17, 15) is 40.9 Å². The van der Waals surface area contributed by atoms with Gasteiger partial charge in [0.2, 0.25) is 0 Å². The molecule has 2 rings (SSSR count). The van der Waals surface area contributed by atoms with Gasteiger partial charge in [-0.05, 0) is 35.4 Å². The third kappa shape index (κ3) is 3.35. The van der Waals surface area contributed by atoms with Gasteiger partial charge in [0.1, 0.15) is 11.5 Å². The first-order chi connectivity index (χ1) is 11.4. The van der Waals surface area contributed by atoms with Crippen molar-refractivity contribution in [3.05, 3.63) is 59.7 Å². The Morgan fingerprint density at radius 3 is 1.20 bits per heavy atom. The molecule has 0 heterocycles. The standard InChI is InChI=1S/C16H11F7O2/c17-14(18,15(19,20)16(21,22)23)13(9-1-5-11(24)6-2-9)10-3-7-12(25)8-4-10/h1-8,13,24-25H. The van der Waals surface area contributed by atoms with Gasteiger partial charge in [-0.15, -0.1) is 0 Å². The minimum atomic E-state index is -6.47. The molecule has 0 fully saturated rings. The number of hydrogen-bond donors (Lipinski definition) is 2. The Kier molecular flexibility index (Phi) is 4.63. The first-order valence-corrected chi connectivity index (χ1v) is 6.78. The second-order valence-electron chi connectivity index (χ2n) is 5.31. The zero-order valence-corrected chi connectivity index (χ0v) is 12.2. The van der Waals surface area contributed by atoms with Crippen LogP contribution < -0.4 is 0 Å². The summed E-state index contributed by atoms with van der Waals surface area (Å²) in [5, 5.41) is 18.4. The van der Waals surface area contributed by atoms with Crippen LogP contribution in [0.5, 0.6) is 11.5 Å². The number of phenolic OH excluding ortho intramolecular Hbond substituents is 2. The van der Waals surface area contributed by atoms with Crippen molar-refractivity contribution in [3.63, 3.8) is 0 Å². The summed E-state index contributed by atoms with van der Waals surface area (Å²) in [4.78, 5) is 0. The zero-order valence-electron chi connectivity index (χ0n) is 12.2. The first kappa shape index (κ1) is 18.9. The van der Waals surface area contributed by atoms with Gasteiger partial charge in [-0.25, -0.2) is 0 Å². The Morgan fingerprint density at radius 2 is 0.920 bits per heavy atom. The van der Waals surface area contributed by atoms with Crippen LogP contribution in [0.4, 0.5) is 30.7 Å². The summed E-state index contributed by atoms with van der Waals surface area (Å²) in [7, 11) is 0. The van der Waals surface area contributed by atoms with Gasteiger partial charge in [0, 0.05) is 0 Å². The van der Waals surface area contributed by atoms with Gasteiger partial charge in [-0.3, -0.25) is 0 Å². The molecule has 2 aromatic carbocycles. The number of phenols is 2. The van der Waals surface area contributed by atoms with Crippen LogP contribution in [0.15, 0.2) is 48.5 Å². The summed E-state index contributed by atoms with van der Waals surface area (Å²) >= 11 is 0. The van der Waals surface area contributed by atoms with E-state index in [1.807, 2.05) is 0 Å². The van der Waals surface area contributed by atoms with E-state index in [1.165, 1.54) is 0 Å². The number of aromatic hydroxyl groups is 2. The lowest BCUT2D eigenvalue weighted by atomic mass is 9.82. The summed E-state index contributed by atoms with van der Waals surface area (Å²) in [6.45, 7) is 0. The fourth-order valence-electron chi connectivity index (χ4n) is 2.31. The molecule has 25 heavy (non-hydrogen) atoms. The second-order valence-corrected chi connectivity index (χ2v) is 5.31. The van der Waals surface area contributed by atoms with E-state index in [2.05, 4.69) is 0 Å². The Labute approximate surface area is 137 Å². The summed E-state index contributed by atoms with van der Waals surface area (Å²) in [5.74, 6) is -15.2. The maximum Gasteiger partial charge on any atom is 0.459 e. The summed E-state index contributed by atoms with van der Waals surface area (Å²) < 4.78 is 93.3. The average Bonchev–Trinajstić information content (AvgIpc) is 2.50. The average molecular weight is 368 g/mol. The van der Waals surface area contributed by atoms with Crippen LogP contribution >= 0.6 is 0 Å². The molecule has 0 spiro atoms. The third-order valence-electron chi connectivity index (χ3n) is 3.59. The number of hydrogen-bond acceptors (Lipinski definition) is 2. The van der Waals surface area contributed by atoms with Crippen molar-refractivity contribution in [2.75, 3.05) is 0 Å². The third-order valence-corrected chi connectivity index (χ3v) is 3.59. The normalized spacial score (nSPS) is 13.3. The van der Waals surface area contributed by atoms with Crippen LogP contribution in [-0.2, 0) is 0 Å². The van der Waals surface area contributed by atoms with E-state index in [0.29, 0.717) is 0 Å². The molecule has 9 heteroatoms. The Morgan fingerprint density at radius 1 is 0.600 bits per heavy atom. The van der Waals surface area contributed by atoms with Crippen LogP contribution in [0.25, 0.3) is 0 Å². The lowest BCUT2D eigenvalue weighted by Crippen LogP contribution is -2.55. The maximum atomic E-state index is 14.3. The molecule has 2 nitrogen and oxygen atoms in total. The highest BCUT2D eigenvalue weighted by atomic mass is 19.4. The monoisotopic (exact) mass is 368 g/mol. The molecule has 0 aliphatic heterocycles. The molecule has 0 aromatic heterocycles. The van der Waals surface area contributed by atoms with Crippen molar-refractivity contribution in [2.24, 2.45) is 0 Å². The van der Waals surface area contributed by atoms with Crippen LogP contribution in [0.1, 0.15) is 17.0 Å². The van der Waals surface area contributed by atoms with E-state index in [-0.39, 0.29) is 11.5 Å². The largest absolute Gasteiger partial charge is 0.508 e. The van der Waals surface area contributed by atoms with Gasteiger partial charge >= 0.3 is 18.0 Å². The molecule has 0 atom stereocenters. The second kappa shape index (κ2) is 6.12. The van der Waals surface area contributed by atoms with Gasteiger partial charge in [0.05, 0.1) is 5.92 Å². The van der Waals surface area contributed by atoms with Crippen LogP contribution in [0.2, 0.25) is 0 Å². The molecule has 2 N–H and O–H groups in total. The lowest BCUT2D eigenvalue weighted by Gasteiger charge is -2.34. The summed E-state index contributed by atoms with van der Waals surface area (Å²) in [6, 6.07) is 6.88. The van der Waals surface area contributed by atoms with E-state index in [4.69, 9.17) is 0 Å². The molecule has 0 bridgehead atoms. The fourth-order valence-corrected chi connectivity index (χ4v) is 2.31. The van der Waals surface area contributed by atoms with E-state index in [1.54, 1.807) is 0 Å². The maximum absolute atomic E-state index is 14.3. The quantitative estimate of drug-likeness (QED) is 0.741. The van der Waals surface area contributed by atoms with Crippen molar-refractivity contribution in [2.45, 2.75) is 23.9 Å². The van der Waals surface area contributed by atoms with Crippen molar-refractivity contribution < 1.29 is 40.9 Å².